The fourth-order valence-electron chi connectivity index (χ4n) is 3.20. The maximum absolute atomic E-state index is 6.27. The molecule has 0 aromatic carbocycles. The molecule has 0 heterocycles. The van der Waals surface area contributed by atoms with Crippen LogP contribution in [0.4, 0.5) is 0 Å². The van der Waals surface area contributed by atoms with Crippen LogP contribution in [-0.2, 0) is 13.3 Å². The number of rotatable bonds is 23. The molecular weight excluding hydrogens is 456 g/mol. The molecule has 0 aromatic rings. The van der Waals surface area contributed by atoms with Crippen LogP contribution in [0, 0.1) is 0 Å². The summed E-state index contributed by atoms with van der Waals surface area (Å²) in [6.07, 6.45) is 25.9. The average molecular weight is 506 g/mol. The van der Waals surface area contributed by atoms with Crippen LogP contribution in [-0.4, -0.2) is 34.5 Å². The molecule has 0 amide bonds. The molecule has 0 bridgehead atoms. The highest BCUT2D eigenvalue weighted by molar-refractivity contribution is 9.09. The van der Waals surface area contributed by atoms with E-state index in [0.717, 1.165) is 63.1 Å². The molecule has 3 nitrogen and oxygen atoms in total. The lowest BCUT2D eigenvalue weighted by Crippen LogP contribution is -2.45. The Morgan fingerprint density at radius 1 is 0.633 bits per heavy atom. The van der Waals surface area contributed by atoms with E-state index in [1.165, 1.54) is 51.4 Å². The number of hydrogen-bond acceptors (Lipinski definition) is 3. The van der Waals surface area contributed by atoms with Crippen LogP contribution < -0.4 is 0 Å². The fraction of sp³-hybridized carbons (Fsp3) is 0.840. The molecule has 0 aromatic heterocycles. The van der Waals surface area contributed by atoms with Crippen LogP contribution in [0.25, 0.3) is 0 Å². The zero-order chi connectivity index (χ0) is 22.2. The molecular formula is C25H49BrO3Si-. The van der Waals surface area contributed by atoms with Gasteiger partial charge in [0.05, 0.1) is 0 Å². The Morgan fingerprint density at radius 2 is 1.10 bits per heavy atom. The molecule has 0 atom stereocenters. The van der Waals surface area contributed by atoms with Gasteiger partial charge in [-0.3, -0.25) is 0 Å². The van der Waals surface area contributed by atoms with Crippen molar-refractivity contribution < 1.29 is 13.3 Å². The van der Waals surface area contributed by atoms with Gasteiger partial charge in [0.25, 0.3) is 8.80 Å². The third-order valence-electron chi connectivity index (χ3n) is 5.13. The SMILES string of the molecule is CCCCC/C=C\CCCO[Si-](CCCCBr)(OC)OCCC/C=C\CCCCC. The van der Waals surface area contributed by atoms with E-state index < -0.39 is 8.80 Å². The van der Waals surface area contributed by atoms with Gasteiger partial charge in [0, 0.05) is 18.5 Å². The van der Waals surface area contributed by atoms with Gasteiger partial charge in [-0.15, -0.1) is 0 Å². The largest absolute Gasteiger partial charge is 0.527 e. The summed E-state index contributed by atoms with van der Waals surface area (Å²) in [6, 6.07) is 0.912. The van der Waals surface area contributed by atoms with E-state index in [1.807, 2.05) is 0 Å². The number of unbranched alkanes of at least 4 members (excludes halogenated alkanes) is 9. The minimum Gasteiger partial charge on any atom is -0.527 e. The first-order valence-corrected chi connectivity index (χ1v) is 15.5. The first-order valence-electron chi connectivity index (χ1n) is 12.4. The lowest BCUT2D eigenvalue weighted by atomic mass is 10.2. The minimum absolute atomic E-state index is 0.727. The Morgan fingerprint density at radius 3 is 1.50 bits per heavy atom. The van der Waals surface area contributed by atoms with E-state index in [0.29, 0.717) is 0 Å². The molecule has 0 saturated carbocycles. The monoisotopic (exact) mass is 504 g/mol. The Hall–Kier alpha value is 0.0569. The minimum atomic E-state index is -2.55. The quantitative estimate of drug-likeness (QED) is 0.0602. The topological polar surface area (TPSA) is 27.7 Å². The molecule has 0 radical (unpaired) electrons. The van der Waals surface area contributed by atoms with Gasteiger partial charge in [0.2, 0.25) is 0 Å². The lowest BCUT2D eigenvalue weighted by molar-refractivity contribution is 0.0752. The van der Waals surface area contributed by atoms with Crippen molar-refractivity contribution in [1.29, 1.82) is 0 Å². The van der Waals surface area contributed by atoms with Gasteiger partial charge >= 0.3 is 0 Å². The Labute approximate surface area is 197 Å². The summed E-state index contributed by atoms with van der Waals surface area (Å²) < 4.78 is 18.4. The summed E-state index contributed by atoms with van der Waals surface area (Å²) in [4.78, 5) is 0. The number of hydrogen-bond donors (Lipinski definition) is 0. The molecule has 30 heavy (non-hydrogen) atoms. The Bertz CT molecular complexity index is 374. The highest BCUT2D eigenvalue weighted by atomic mass is 79.9. The van der Waals surface area contributed by atoms with Gasteiger partial charge in [-0.2, -0.15) is 0 Å². The average Bonchev–Trinajstić information content (AvgIpc) is 2.76. The maximum Gasteiger partial charge on any atom is 0.280 e. The molecule has 0 unspecified atom stereocenters. The van der Waals surface area contributed by atoms with Crippen molar-refractivity contribution in [3.05, 3.63) is 24.3 Å². The van der Waals surface area contributed by atoms with E-state index >= 15 is 0 Å². The maximum atomic E-state index is 6.27. The highest BCUT2D eigenvalue weighted by Crippen LogP contribution is 2.20. The molecule has 0 aliphatic heterocycles. The molecule has 0 saturated heterocycles. The van der Waals surface area contributed by atoms with Gasteiger partial charge in [-0.25, -0.2) is 0 Å². The lowest BCUT2D eigenvalue weighted by Gasteiger charge is -2.42. The van der Waals surface area contributed by atoms with Crippen LogP contribution in [0.1, 0.15) is 104 Å². The van der Waals surface area contributed by atoms with Crippen LogP contribution in [0.2, 0.25) is 6.04 Å². The fourth-order valence-corrected chi connectivity index (χ4v) is 6.00. The van der Waals surface area contributed by atoms with Crippen LogP contribution in [0.15, 0.2) is 24.3 Å². The van der Waals surface area contributed by atoms with Crippen LogP contribution >= 0.6 is 15.9 Å². The van der Waals surface area contributed by atoms with Crippen molar-refractivity contribution in [2.75, 3.05) is 25.7 Å². The summed E-state index contributed by atoms with van der Waals surface area (Å²) in [5.74, 6) is 0. The molecule has 5 heteroatoms. The van der Waals surface area contributed by atoms with Gasteiger partial charge in [0.1, 0.15) is 0 Å². The number of allylic oxidation sites excluding steroid dienone is 4. The summed E-state index contributed by atoms with van der Waals surface area (Å²) in [6.45, 7) is 5.95. The van der Waals surface area contributed by atoms with Crippen molar-refractivity contribution in [2.45, 2.75) is 110 Å². The highest BCUT2D eigenvalue weighted by Gasteiger charge is 2.24. The first-order chi connectivity index (χ1) is 14.7. The normalized spacial score (nSPS) is 12.5. The summed E-state index contributed by atoms with van der Waals surface area (Å²) in [7, 11) is -0.782. The second kappa shape index (κ2) is 23.7. The molecule has 0 fully saturated rings. The predicted octanol–water partition coefficient (Wildman–Crippen LogP) is 8.61. The van der Waals surface area contributed by atoms with Gasteiger partial charge in [0.15, 0.2) is 0 Å². The second-order valence-electron chi connectivity index (χ2n) is 7.95. The van der Waals surface area contributed by atoms with E-state index in [2.05, 4.69) is 54.1 Å². The Balaban J connectivity index is 4.19. The second-order valence-corrected chi connectivity index (χ2v) is 11.6. The third-order valence-corrected chi connectivity index (χ3v) is 8.57. The van der Waals surface area contributed by atoms with Gasteiger partial charge < -0.3 is 13.3 Å². The first kappa shape index (κ1) is 30.1. The zero-order valence-corrected chi connectivity index (χ0v) is 22.7. The third kappa shape index (κ3) is 18.8. The van der Waals surface area contributed by atoms with E-state index in [4.69, 9.17) is 13.3 Å². The van der Waals surface area contributed by atoms with Crippen molar-refractivity contribution in [1.82, 2.24) is 0 Å². The summed E-state index contributed by atoms with van der Waals surface area (Å²) >= 11 is 3.52. The van der Waals surface area contributed by atoms with E-state index in [1.54, 1.807) is 7.11 Å². The van der Waals surface area contributed by atoms with Crippen molar-refractivity contribution in [3.8, 4) is 0 Å². The zero-order valence-electron chi connectivity index (χ0n) is 20.1. The summed E-state index contributed by atoms with van der Waals surface area (Å²) in [5, 5.41) is 1.02. The molecule has 179 valence electrons. The standard InChI is InChI=1S/C25H49BrO3Si/c1-4-6-8-10-12-14-16-19-23-28-30(27-3,25-21-18-22-26)29-24-20-17-15-13-11-9-7-5-2/h12-15H,4-11,16-25H2,1-3H3/q-1/b14-12-,15-13-. The number of halogens is 1. The Kier molecular flexibility index (Phi) is 23.8. The molecule has 0 N–H and O–H groups in total. The van der Waals surface area contributed by atoms with E-state index in [-0.39, 0.29) is 0 Å². The van der Waals surface area contributed by atoms with Crippen LogP contribution in [0.5, 0.6) is 0 Å². The smallest absolute Gasteiger partial charge is 0.280 e. The van der Waals surface area contributed by atoms with E-state index in [9.17, 15) is 0 Å². The van der Waals surface area contributed by atoms with Gasteiger partial charge in [-0.1, -0.05) is 92.2 Å². The van der Waals surface area contributed by atoms with Crippen LogP contribution in [0.3, 0.4) is 0 Å². The molecule has 0 aliphatic carbocycles. The predicted molar refractivity (Wildman–Crippen MR) is 138 cm³/mol. The van der Waals surface area contributed by atoms with Crippen molar-refractivity contribution in [2.24, 2.45) is 0 Å². The summed E-state index contributed by atoms with van der Waals surface area (Å²) in [5.41, 5.74) is 0. The molecule has 0 aliphatic rings. The van der Waals surface area contributed by atoms with Gasteiger partial charge in [-0.05, 0) is 64.9 Å². The number of alkyl halides is 1. The molecule has 0 spiro atoms. The van der Waals surface area contributed by atoms with Crippen molar-refractivity contribution >= 4 is 24.7 Å². The van der Waals surface area contributed by atoms with Crippen molar-refractivity contribution in [3.63, 3.8) is 0 Å². The molecule has 0 rings (SSSR count).